The van der Waals surface area contributed by atoms with Crippen molar-refractivity contribution in [2.24, 2.45) is 0 Å². The molecule has 0 bridgehead atoms. The van der Waals surface area contributed by atoms with Crippen LogP contribution < -0.4 is 14.9 Å². The van der Waals surface area contributed by atoms with E-state index in [2.05, 4.69) is 6.92 Å². The minimum Gasteiger partial charge on any atom is -0.497 e. The highest BCUT2D eigenvalue weighted by molar-refractivity contribution is 5.99. The summed E-state index contributed by atoms with van der Waals surface area (Å²) in [4.78, 5) is 29.5. The lowest BCUT2D eigenvalue weighted by atomic mass is 9.97. The minimum absolute atomic E-state index is 0.131. The van der Waals surface area contributed by atoms with Gasteiger partial charge in [-0.25, -0.2) is 0 Å². The van der Waals surface area contributed by atoms with Gasteiger partial charge >= 0.3 is 0 Å². The molecule has 1 aliphatic rings. The van der Waals surface area contributed by atoms with Gasteiger partial charge in [0.25, 0.3) is 5.91 Å². The highest BCUT2D eigenvalue weighted by Crippen LogP contribution is 2.39. The number of ether oxygens (including phenoxy) is 2. The van der Waals surface area contributed by atoms with Crippen molar-refractivity contribution in [3.8, 4) is 11.5 Å². The Morgan fingerprint density at radius 1 is 0.974 bits per heavy atom. The van der Waals surface area contributed by atoms with E-state index in [-0.39, 0.29) is 17.1 Å². The third-order valence-corrected chi connectivity index (χ3v) is 7.14. The van der Waals surface area contributed by atoms with Crippen LogP contribution in [0.25, 0.3) is 11.0 Å². The Bertz CT molecular complexity index is 1540. The summed E-state index contributed by atoms with van der Waals surface area (Å²) in [5.74, 6) is 1.37. The molecule has 3 aromatic carbocycles. The highest BCUT2D eigenvalue weighted by atomic mass is 16.5. The average molecular weight is 512 g/mol. The number of rotatable bonds is 9. The quantitative estimate of drug-likeness (QED) is 0.244. The molecule has 196 valence electrons. The van der Waals surface area contributed by atoms with Crippen LogP contribution in [0.2, 0.25) is 0 Å². The van der Waals surface area contributed by atoms with E-state index in [1.165, 1.54) is 0 Å². The third kappa shape index (κ3) is 4.78. The van der Waals surface area contributed by atoms with E-state index in [4.69, 9.17) is 13.9 Å². The van der Waals surface area contributed by atoms with Crippen LogP contribution in [0.1, 0.15) is 64.2 Å². The molecule has 1 unspecified atom stereocenters. The van der Waals surface area contributed by atoms with Crippen molar-refractivity contribution in [2.45, 2.75) is 46.1 Å². The molecule has 0 spiro atoms. The smallest absolute Gasteiger partial charge is 0.290 e. The van der Waals surface area contributed by atoms with Crippen LogP contribution in [-0.2, 0) is 6.42 Å². The fraction of sp³-hybridized carbons (Fsp3) is 0.312. The minimum atomic E-state index is -0.563. The van der Waals surface area contributed by atoms with Crippen molar-refractivity contribution in [3.63, 3.8) is 0 Å². The van der Waals surface area contributed by atoms with E-state index < -0.39 is 6.04 Å². The molecule has 1 atom stereocenters. The molecule has 6 heteroatoms. The van der Waals surface area contributed by atoms with Crippen LogP contribution in [0.4, 0.5) is 0 Å². The zero-order chi connectivity index (χ0) is 26.8. The number of fused-ring (bicyclic) bond motifs is 2. The SMILES string of the molecule is CCCCOc1cccc(C2c3c(oc4c(C)cc(C)cc4c3=O)C(=O)N2CCc2ccc(OC)cc2)c1. The van der Waals surface area contributed by atoms with Gasteiger partial charge in [-0.2, -0.15) is 0 Å². The summed E-state index contributed by atoms with van der Waals surface area (Å²) in [5.41, 5.74) is 4.43. The number of hydrogen-bond donors (Lipinski definition) is 0. The molecule has 38 heavy (non-hydrogen) atoms. The molecule has 0 N–H and O–H groups in total. The van der Waals surface area contributed by atoms with Crippen LogP contribution in [0.3, 0.4) is 0 Å². The Morgan fingerprint density at radius 2 is 1.76 bits per heavy atom. The molecular weight excluding hydrogens is 478 g/mol. The second kappa shape index (κ2) is 10.7. The van der Waals surface area contributed by atoms with Crippen molar-refractivity contribution in [3.05, 3.63) is 104 Å². The van der Waals surface area contributed by atoms with E-state index in [1.54, 1.807) is 12.0 Å². The molecule has 1 aliphatic heterocycles. The topological polar surface area (TPSA) is 69.0 Å². The number of unbranched alkanes of at least 4 members (excludes halogenated alkanes) is 1. The molecular formula is C32H33NO5. The van der Waals surface area contributed by atoms with Crippen molar-refractivity contribution in [1.29, 1.82) is 0 Å². The summed E-state index contributed by atoms with van der Waals surface area (Å²) in [5, 5.41) is 0.506. The summed E-state index contributed by atoms with van der Waals surface area (Å²) in [6.07, 6.45) is 2.62. The van der Waals surface area contributed by atoms with Crippen molar-refractivity contribution < 1.29 is 18.7 Å². The van der Waals surface area contributed by atoms with Gasteiger partial charge in [0.05, 0.1) is 30.7 Å². The van der Waals surface area contributed by atoms with Crippen LogP contribution in [-0.4, -0.2) is 31.1 Å². The monoisotopic (exact) mass is 511 g/mol. The normalized spacial score (nSPS) is 14.7. The predicted octanol–water partition coefficient (Wildman–Crippen LogP) is 6.39. The maximum atomic E-state index is 14.0. The van der Waals surface area contributed by atoms with Crippen LogP contribution >= 0.6 is 0 Å². The molecule has 6 nitrogen and oxygen atoms in total. The number of methoxy groups -OCH3 is 1. The summed E-state index contributed by atoms with van der Waals surface area (Å²) in [6, 6.07) is 18.8. The number of carbonyl (C=O) groups is 1. The fourth-order valence-electron chi connectivity index (χ4n) is 5.20. The molecule has 0 saturated carbocycles. The fourth-order valence-corrected chi connectivity index (χ4v) is 5.20. The van der Waals surface area contributed by atoms with E-state index >= 15 is 0 Å². The Kier molecular flexibility index (Phi) is 7.23. The second-order valence-corrected chi connectivity index (χ2v) is 9.91. The number of nitrogens with zero attached hydrogens (tertiary/aromatic N) is 1. The first-order valence-corrected chi connectivity index (χ1v) is 13.2. The Morgan fingerprint density at radius 3 is 2.50 bits per heavy atom. The molecule has 0 radical (unpaired) electrons. The van der Waals surface area contributed by atoms with Crippen LogP contribution in [0.15, 0.2) is 69.9 Å². The lowest BCUT2D eigenvalue weighted by molar-refractivity contribution is 0.0729. The average Bonchev–Trinajstić information content (AvgIpc) is 3.20. The molecule has 1 aromatic heterocycles. The zero-order valence-corrected chi connectivity index (χ0v) is 22.4. The van der Waals surface area contributed by atoms with Gasteiger partial charge in [0.1, 0.15) is 17.1 Å². The molecule has 0 fully saturated rings. The van der Waals surface area contributed by atoms with Gasteiger partial charge in [0, 0.05) is 6.54 Å². The van der Waals surface area contributed by atoms with Crippen molar-refractivity contribution in [2.75, 3.05) is 20.3 Å². The van der Waals surface area contributed by atoms with Crippen LogP contribution in [0.5, 0.6) is 11.5 Å². The van der Waals surface area contributed by atoms with Gasteiger partial charge in [0.2, 0.25) is 5.76 Å². The van der Waals surface area contributed by atoms with E-state index in [0.717, 1.165) is 46.6 Å². The lowest BCUT2D eigenvalue weighted by Crippen LogP contribution is -2.31. The zero-order valence-electron chi connectivity index (χ0n) is 22.4. The highest BCUT2D eigenvalue weighted by Gasteiger charge is 2.42. The van der Waals surface area contributed by atoms with Crippen molar-refractivity contribution >= 4 is 16.9 Å². The van der Waals surface area contributed by atoms with Gasteiger partial charge in [-0.3, -0.25) is 9.59 Å². The maximum Gasteiger partial charge on any atom is 0.290 e. The van der Waals surface area contributed by atoms with E-state index in [1.807, 2.05) is 74.5 Å². The lowest BCUT2D eigenvalue weighted by Gasteiger charge is -2.25. The summed E-state index contributed by atoms with van der Waals surface area (Å²) < 4.78 is 17.5. The summed E-state index contributed by atoms with van der Waals surface area (Å²) in [7, 11) is 1.64. The molecule has 1 amide bonds. The first-order chi connectivity index (χ1) is 18.4. The molecule has 0 aliphatic carbocycles. The number of amides is 1. The Labute approximate surface area is 222 Å². The molecule has 5 rings (SSSR count). The van der Waals surface area contributed by atoms with Gasteiger partial charge in [-0.1, -0.05) is 43.7 Å². The molecule has 2 heterocycles. The van der Waals surface area contributed by atoms with Crippen LogP contribution in [0, 0.1) is 13.8 Å². The Hall–Kier alpha value is -4.06. The van der Waals surface area contributed by atoms with E-state index in [0.29, 0.717) is 36.1 Å². The van der Waals surface area contributed by atoms with E-state index in [9.17, 15) is 9.59 Å². The number of carbonyl (C=O) groups excluding carboxylic acids is 1. The third-order valence-electron chi connectivity index (χ3n) is 7.14. The van der Waals surface area contributed by atoms with Gasteiger partial charge < -0.3 is 18.8 Å². The summed E-state index contributed by atoms with van der Waals surface area (Å²) >= 11 is 0. The molecule has 4 aromatic rings. The predicted molar refractivity (Wildman–Crippen MR) is 148 cm³/mol. The standard InChI is InChI=1S/C32H33NO5/c1-5-6-16-37-25-9-7-8-23(19-25)28-27-29(34)26-18-20(2)17-21(3)30(26)38-31(27)32(35)33(28)15-14-22-10-12-24(36-4)13-11-22/h7-13,17-19,28H,5-6,14-16H2,1-4H3. The van der Waals surface area contributed by atoms with Gasteiger partial charge in [0.15, 0.2) is 5.43 Å². The maximum absolute atomic E-state index is 14.0. The first-order valence-electron chi connectivity index (χ1n) is 13.2. The largest absolute Gasteiger partial charge is 0.497 e. The number of benzene rings is 3. The summed E-state index contributed by atoms with van der Waals surface area (Å²) in [6.45, 7) is 7.02. The Balaban J connectivity index is 1.59. The first kappa shape index (κ1) is 25.6. The number of hydrogen-bond acceptors (Lipinski definition) is 5. The number of aryl methyl sites for hydroxylation is 2. The van der Waals surface area contributed by atoms with Gasteiger partial charge in [-0.15, -0.1) is 0 Å². The second-order valence-electron chi connectivity index (χ2n) is 9.91. The van der Waals surface area contributed by atoms with Gasteiger partial charge in [-0.05, 0) is 79.3 Å². The molecule has 0 saturated heterocycles. The van der Waals surface area contributed by atoms with Crippen molar-refractivity contribution in [1.82, 2.24) is 4.90 Å².